The van der Waals surface area contributed by atoms with Crippen molar-refractivity contribution >= 4 is 22.4 Å². The summed E-state index contributed by atoms with van der Waals surface area (Å²) in [6, 6.07) is 4.41. The number of thiazole rings is 1. The largest absolute Gasteiger partial charge is 0.507 e. The van der Waals surface area contributed by atoms with Crippen molar-refractivity contribution in [2.45, 2.75) is 13.0 Å². The van der Waals surface area contributed by atoms with E-state index in [1.807, 2.05) is 0 Å². The van der Waals surface area contributed by atoms with Gasteiger partial charge in [-0.3, -0.25) is 10.1 Å². The summed E-state index contributed by atoms with van der Waals surface area (Å²) in [6.07, 6.45) is -0.689. The minimum atomic E-state index is -0.689. The lowest BCUT2D eigenvalue weighted by Crippen LogP contribution is -2.12. The first kappa shape index (κ1) is 14.3. The number of hydrogen-bond donors (Lipinski definition) is 3. The number of aromatic nitrogens is 1. The monoisotopic (exact) mass is 294 g/mol. The molecule has 0 aliphatic carbocycles. The van der Waals surface area contributed by atoms with Crippen LogP contribution in [0.1, 0.15) is 29.1 Å². The Morgan fingerprint density at radius 2 is 2.25 bits per heavy atom. The van der Waals surface area contributed by atoms with Crippen LogP contribution in [0.2, 0.25) is 0 Å². The summed E-state index contributed by atoms with van der Waals surface area (Å²) in [5, 5.41) is 23.7. The van der Waals surface area contributed by atoms with E-state index in [1.54, 1.807) is 18.4 Å². The molecule has 2 rings (SSSR count). The van der Waals surface area contributed by atoms with Gasteiger partial charge in [-0.05, 0) is 19.1 Å². The third kappa shape index (κ3) is 3.06. The van der Waals surface area contributed by atoms with Crippen molar-refractivity contribution in [3.63, 3.8) is 0 Å². The van der Waals surface area contributed by atoms with Crippen LogP contribution in [0.3, 0.4) is 0 Å². The maximum Gasteiger partial charge on any atom is 0.261 e. The number of carbonyl (C=O) groups excluding carboxylic acids is 1. The number of amides is 1. The molecule has 106 valence electrons. The van der Waals surface area contributed by atoms with Crippen LogP contribution in [0.15, 0.2) is 23.6 Å². The maximum absolute atomic E-state index is 12.0. The number of nitrogens with one attached hydrogen (secondary N) is 1. The number of anilines is 1. The first-order chi connectivity index (χ1) is 9.51. The van der Waals surface area contributed by atoms with Gasteiger partial charge < -0.3 is 14.9 Å². The molecular formula is C13H14N2O4S. The molecule has 2 aromatic rings. The standard InChI is InChI=1S/C13H14N2O4S/c1-7(16)10-6-20-13(14-10)15-12(18)9-4-3-8(19-2)5-11(9)17/h3-7,16-17H,1-2H3,(H,14,15,18). The molecule has 1 aromatic carbocycles. The maximum atomic E-state index is 12.0. The number of phenolic OH excluding ortho intramolecular Hbond substituents is 1. The number of hydrogen-bond acceptors (Lipinski definition) is 6. The Kier molecular flexibility index (Phi) is 4.21. The Labute approximate surface area is 119 Å². The second-order valence-electron chi connectivity index (χ2n) is 4.09. The summed E-state index contributed by atoms with van der Waals surface area (Å²) in [5.74, 6) is -0.185. The SMILES string of the molecule is COc1ccc(C(=O)Nc2nc(C(C)O)cs2)c(O)c1. The molecule has 1 aromatic heterocycles. The summed E-state index contributed by atoms with van der Waals surface area (Å²) < 4.78 is 4.95. The average molecular weight is 294 g/mol. The van der Waals surface area contributed by atoms with Crippen LogP contribution in [0.25, 0.3) is 0 Å². The molecule has 3 N–H and O–H groups in total. The minimum absolute atomic E-state index is 0.125. The zero-order chi connectivity index (χ0) is 14.7. The van der Waals surface area contributed by atoms with E-state index in [0.29, 0.717) is 16.6 Å². The van der Waals surface area contributed by atoms with Crippen molar-refractivity contribution in [2.24, 2.45) is 0 Å². The van der Waals surface area contributed by atoms with Gasteiger partial charge in [0.05, 0.1) is 24.5 Å². The quantitative estimate of drug-likeness (QED) is 0.803. The lowest BCUT2D eigenvalue weighted by Gasteiger charge is -2.06. The number of nitrogens with zero attached hydrogens (tertiary/aromatic N) is 1. The van der Waals surface area contributed by atoms with Crippen LogP contribution < -0.4 is 10.1 Å². The second-order valence-corrected chi connectivity index (χ2v) is 4.95. The van der Waals surface area contributed by atoms with E-state index in [4.69, 9.17) is 4.74 Å². The van der Waals surface area contributed by atoms with Crippen molar-refractivity contribution in [3.8, 4) is 11.5 Å². The van der Waals surface area contributed by atoms with Crippen molar-refractivity contribution < 1.29 is 19.7 Å². The lowest BCUT2D eigenvalue weighted by atomic mass is 10.2. The average Bonchev–Trinajstić information content (AvgIpc) is 2.87. The van der Waals surface area contributed by atoms with Gasteiger partial charge >= 0.3 is 0 Å². The van der Waals surface area contributed by atoms with Crippen molar-refractivity contribution in [1.82, 2.24) is 4.98 Å². The molecule has 0 radical (unpaired) electrons. The molecule has 20 heavy (non-hydrogen) atoms. The van der Waals surface area contributed by atoms with Gasteiger partial charge in [0.2, 0.25) is 0 Å². The van der Waals surface area contributed by atoms with E-state index in [1.165, 1.54) is 30.6 Å². The molecule has 0 saturated heterocycles. The highest BCUT2D eigenvalue weighted by Gasteiger charge is 2.14. The Bertz CT molecular complexity index is 625. The van der Waals surface area contributed by atoms with E-state index in [2.05, 4.69) is 10.3 Å². The zero-order valence-corrected chi connectivity index (χ0v) is 11.8. The highest BCUT2D eigenvalue weighted by molar-refractivity contribution is 7.14. The molecule has 0 fully saturated rings. The van der Waals surface area contributed by atoms with Crippen molar-refractivity contribution in [3.05, 3.63) is 34.8 Å². The number of rotatable bonds is 4. The normalized spacial score (nSPS) is 11.9. The molecule has 0 aliphatic heterocycles. The van der Waals surface area contributed by atoms with Gasteiger partial charge in [0.15, 0.2) is 5.13 Å². The number of aliphatic hydroxyl groups excluding tert-OH is 1. The Hall–Kier alpha value is -2.12. The number of aromatic hydroxyl groups is 1. The Morgan fingerprint density at radius 1 is 1.50 bits per heavy atom. The van der Waals surface area contributed by atoms with Crippen LogP contribution >= 0.6 is 11.3 Å². The van der Waals surface area contributed by atoms with E-state index in [-0.39, 0.29) is 11.3 Å². The zero-order valence-electron chi connectivity index (χ0n) is 11.0. The second kappa shape index (κ2) is 5.89. The third-order valence-electron chi connectivity index (χ3n) is 2.62. The summed E-state index contributed by atoms with van der Waals surface area (Å²) in [6.45, 7) is 1.59. The fourth-order valence-electron chi connectivity index (χ4n) is 1.53. The first-order valence-corrected chi connectivity index (χ1v) is 6.71. The van der Waals surface area contributed by atoms with Crippen molar-refractivity contribution in [1.29, 1.82) is 0 Å². The number of phenols is 1. The van der Waals surface area contributed by atoms with Gasteiger partial charge in [0.1, 0.15) is 11.5 Å². The minimum Gasteiger partial charge on any atom is -0.507 e. The Balaban J connectivity index is 2.15. The van der Waals surface area contributed by atoms with E-state index in [0.717, 1.165) is 0 Å². The van der Waals surface area contributed by atoms with Gasteiger partial charge in [0, 0.05) is 11.4 Å². The smallest absolute Gasteiger partial charge is 0.261 e. The molecule has 0 saturated carbocycles. The molecule has 7 heteroatoms. The topological polar surface area (TPSA) is 91.7 Å². The van der Waals surface area contributed by atoms with Gasteiger partial charge in [-0.15, -0.1) is 11.3 Å². The highest BCUT2D eigenvalue weighted by atomic mass is 32.1. The van der Waals surface area contributed by atoms with Gasteiger partial charge in [-0.2, -0.15) is 0 Å². The van der Waals surface area contributed by atoms with Crippen molar-refractivity contribution in [2.75, 3.05) is 12.4 Å². The summed E-state index contributed by atoms with van der Waals surface area (Å²) >= 11 is 1.21. The number of methoxy groups -OCH3 is 1. The number of ether oxygens (including phenoxy) is 1. The van der Waals surface area contributed by atoms with E-state index in [9.17, 15) is 15.0 Å². The number of aliphatic hydroxyl groups is 1. The van der Waals surface area contributed by atoms with Crippen LogP contribution in [-0.2, 0) is 0 Å². The highest BCUT2D eigenvalue weighted by Crippen LogP contribution is 2.25. The first-order valence-electron chi connectivity index (χ1n) is 5.83. The predicted octanol–water partition coefficient (Wildman–Crippen LogP) is 2.16. The molecule has 6 nitrogen and oxygen atoms in total. The van der Waals surface area contributed by atoms with Gasteiger partial charge in [0.25, 0.3) is 5.91 Å². The molecular weight excluding hydrogens is 280 g/mol. The summed E-state index contributed by atoms with van der Waals surface area (Å²) in [7, 11) is 1.47. The fraction of sp³-hybridized carbons (Fsp3) is 0.231. The third-order valence-corrected chi connectivity index (χ3v) is 3.40. The van der Waals surface area contributed by atoms with E-state index < -0.39 is 12.0 Å². The molecule has 0 aliphatic rings. The number of carbonyl (C=O) groups is 1. The van der Waals surface area contributed by atoms with Crippen LogP contribution in [-0.4, -0.2) is 28.2 Å². The molecule has 1 amide bonds. The van der Waals surface area contributed by atoms with Gasteiger partial charge in [-0.25, -0.2) is 4.98 Å². The Morgan fingerprint density at radius 3 is 2.80 bits per heavy atom. The van der Waals surface area contributed by atoms with Crippen LogP contribution in [0, 0.1) is 0 Å². The van der Waals surface area contributed by atoms with Gasteiger partial charge in [-0.1, -0.05) is 0 Å². The molecule has 0 bridgehead atoms. The lowest BCUT2D eigenvalue weighted by molar-refractivity contribution is 0.102. The molecule has 0 spiro atoms. The molecule has 1 unspecified atom stereocenters. The fourth-order valence-corrected chi connectivity index (χ4v) is 2.32. The number of benzene rings is 1. The van der Waals surface area contributed by atoms with E-state index >= 15 is 0 Å². The van der Waals surface area contributed by atoms with Crippen LogP contribution in [0.4, 0.5) is 5.13 Å². The van der Waals surface area contributed by atoms with Crippen LogP contribution in [0.5, 0.6) is 11.5 Å². The summed E-state index contributed by atoms with van der Waals surface area (Å²) in [5.41, 5.74) is 0.615. The molecule has 1 heterocycles. The predicted molar refractivity (Wildman–Crippen MR) is 75.4 cm³/mol. The molecule has 1 atom stereocenters. The summed E-state index contributed by atoms with van der Waals surface area (Å²) in [4.78, 5) is 16.1.